The summed E-state index contributed by atoms with van der Waals surface area (Å²) in [7, 11) is 0. The molecule has 3 heterocycles. The van der Waals surface area contributed by atoms with Gasteiger partial charge in [-0.05, 0) is 32.8 Å². The molecule has 1 aliphatic heterocycles. The average Bonchev–Trinajstić information content (AvgIpc) is 2.83. The summed E-state index contributed by atoms with van der Waals surface area (Å²) in [6.07, 6.45) is 4.56. The lowest BCUT2D eigenvalue weighted by atomic mass is 10.3. The fourth-order valence-electron chi connectivity index (χ4n) is 2.39. The molecular formula is C12H16N4. The van der Waals surface area contributed by atoms with Gasteiger partial charge in [0, 0.05) is 13.1 Å². The Morgan fingerprint density at radius 3 is 2.62 bits per heavy atom. The number of aryl methyl sites for hydroxylation is 2. The van der Waals surface area contributed by atoms with Crippen molar-refractivity contribution < 1.29 is 0 Å². The van der Waals surface area contributed by atoms with Gasteiger partial charge < -0.3 is 4.90 Å². The van der Waals surface area contributed by atoms with Crippen LogP contribution in [0.25, 0.3) is 5.65 Å². The van der Waals surface area contributed by atoms with Gasteiger partial charge in [-0.15, -0.1) is 0 Å². The van der Waals surface area contributed by atoms with Gasteiger partial charge in [0.2, 0.25) is 0 Å². The molecule has 2 aromatic heterocycles. The zero-order chi connectivity index (χ0) is 11.1. The molecule has 4 nitrogen and oxygen atoms in total. The second-order valence-electron chi connectivity index (χ2n) is 4.52. The van der Waals surface area contributed by atoms with Gasteiger partial charge in [-0.25, -0.2) is 9.50 Å². The Morgan fingerprint density at radius 2 is 1.88 bits per heavy atom. The number of nitrogens with zero attached hydrogens (tertiary/aromatic N) is 4. The predicted molar refractivity (Wildman–Crippen MR) is 63.9 cm³/mol. The van der Waals surface area contributed by atoms with E-state index in [0.717, 1.165) is 30.1 Å². The quantitative estimate of drug-likeness (QED) is 0.730. The lowest BCUT2D eigenvalue weighted by Crippen LogP contribution is -2.19. The monoisotopic (exact) mass is 216 g/mol. The lowest BCUT2D eigenvalue weighted by Gasteiger charge is -2.18. The molecule has 3 rings (SSSR count). The van der Waals surface area contributed by atoms with Gasteiger partial charge in [-0.3, -0.25) is 0 Å². The summed E-state index contributed by atoms with van der Waals surface area (Å²) in [5.74, 6) is 0. The van der Waals surface area contributed by atoms with Crippen molar-refractivity contribution in [1.29, 1.82) is 0 Å². The van der Waals surface area contributed by atoms with E-state index in [1.54, 1.807) is 0 Å². The first kappa shape index (κ1) is 9.63. The fourth-order valence-corrected chi connectivity index (χ4v) is 2.39. The summed E-state index contributed by atoms with van der Waals surface area (Å²) in [5.41, 5.74) is 4.30. The van der Waals surface area contributed by atoms with Crippen molar-refractivity contribution in [2.24, 2.45) is 0 Å². The smallest absolute Gasteiger partial charge is 0.177 e. The van der Waals surface area contributed by atoms with Crippen molar-refractivity contribution in [3.63, 3.8) is 0 Å². The Labute approximate surface area is 94.9 Å². The Kier molecular flexibility index (Phi) is 2.09. The zero-order valence-electron chi connectivity index (χ0n) is 9.77. The van der Waals surface area contributed by atoms with Gasteiger partial charge in [0.15, 0.2) is 5.65 Å². The summed E-state index contributed by atoms with van der Waals surface area (Å²) in [6, 6.07) is 2.15. The van der Waals surface area contributed by atoms with Gasteiger partial charge >= 0.3 is 0 Å². The van der Waals surface area contributed by atoms with Crippen molar-refractivity contribution in [1.82, 2.24) is 14.6 Å². The fraction of sp³-hybridized carbons (Fsp3) is 0.500. The molecule has 1 fully saturated rings. The molecular weight excluding hydrogens is 200 g/mol. The minimum atomic E-state index is 0.991. The predicted octanol–water partition coefficient (Wildman–Crippen LogP) is 1.95. The van der Waals surface area contributed by atoms with Crippen LogP contribution in [0.3, 0.4) is 0 Å². The first-order valence-corrected chi connectivity index (χ1v) is 5.82. The first-order valence-electron chi connectivity index (χ1n) is 5.82. The first-order chi connectivity index (χ1) is 7.74. The SMILES string of the molecule is Cc1cn2nc(C)cc(N3CCCC3)c2n1. The molecule has 0 spiro atoms. The second kappa shape index (κ2) is 3.47. The van der Waals surface area contributed by atoms with Crippen LogP contribution in [0.2, 0.25) is 0 Å². The van der Waals surface area contributed by atoms with Gasteiger partial charge in [0.05, 0.1) is 23.3 Å². The molecule has 4 heteroatoms. The number of imidazole rings is 1. The average molecular weight is 216 g/mol. The van der Waals surface area contributed by atoms with E-state index in [9.17, 15) is 0 Å². The summed E-state index contributed by atoms with van der Waals surface area (Å²) >= 11 is 0. The van der Waals surface area contributed by atoms with Crippen LogP contribution in [0, 0.1) is 13.8 Å². The molecule has 1 aliphatic rings. The third kappa shape index (κ3) is 1.45. The highest BCUT2D eigenvalue weighted by Gasteiger charge is 2.17. The van der Waals surface area contributed by atoms with E-state index < -0.39 is 0 Å². The molecule has 16 heavy (non-hydrogen) atoms. The van der Waals surface area contributed by atoms with Crippen LogP contribution in [0.15, 0.2) is 12.3 Å². The summed E-state index contributed by atoms with van der Waals surface area (Å²) in [5, 5.41) is 4.46. The van der Waals surface area contributed by atoms with Crippen LogP contribution < -0.4 is 4.90 Å². The maximum absolute atomic E-state index is 4.56. The molecule has 2 aromatic rings. The zero-order valence-corrected chi connectivity index (χ0v) is 9.77. The maximum Gasteiger partial charge on any atom is 0.177 e. The summed E-state index contributed by atoms with van der Waals surface area (Å²) < 4.78 is 1.90. The number of hydrogen-bond acceptors (Lipinski definition) is 3. The molecule has 0 aliphatic carbocycles. The molecule has 0 aromatic carbocycles. The lowest BCUT2D eigenvalue weighted by molar-refractivity contribution is 0.878. The largest absolute Gasteiger partial charge is 0.368 e. The Hall–Kier alpha value is -1.58. The van der Waals surface area contributed by atoms with Crippen LogP contribution in [-0.2, 0) is 0 Å². The van der Waals surface area contributed by atoms with Crippen LogP contribution in [0.4, 0.5) is 5.69 Å². The molecule has 0 amide bonds. The third-order valence-corrected chi connectivity index (χ3v) is 3.10. The van der Waals surface area contributed by atoms with Gasteiger partial charge in [0.1, 0.15) is 0 Å². The van der Waals surface area contributed by atoms with Crippen molar-refractivity contribution in [2.75, 3.05) is 18.0 Å². The van der Waals surface area contributed by atoms with Crippen LogP contribution >= 0.6 is 0 Å². The van der Waals surface area contributed by atoms with Gasteiger partial charge in [-0.1, -0.05) is 0 Å². The standard InChI is InChI=1S/C12H16N4/c1-9-7-11(15-5-3-4-6-15)12-13-10(2)8-16(12)14-9/h7-8H,3-6H2,1-2H3. The minimum absolute atomic E-state index is 0.991. The number of anilines is 1. The third-order valence-electron chi connectivity index (χ3n) is 3.10. The number of rotatable bonds is 1. The van der Waals surface area contributed by atoms with Crippen molar-refractivity contribution in [3.8, 4) is 0 Å². The molecule has 0 saturated carbocycles. The molecule has 0 N–H and O–H groups in total. The molecule has 0 radical (unpaired) electrons. The molecule has 0 bridgehead atoms. The topological polar surface area (TPSA) is 33.4 Å². The molecule has 0 atom stereocenters. The number of hydrogen-bond donors (Lipinski definition) is 0. The highest BCUT2D eigenvalue weighted by molar-refractivity contribution is 5.69. The van der Waals surface area contributed by atoms with Crippen molar-refractivity contribution >= 4 is 11.3 Å². The Morgan fingerprint density at radius 1 is 1.12 bits per heavy atom. The number of fused-ring (bicyclic) bond motifs is 1. The van der Waals surface area contributed by atoms with E-state index in [4.69, 9.17) is 0 Å². The molecule has 0 unspecified atom stereocenters. The Bertz CT molecular complexity index is 523. The summed E-state index contributed by atoms with van der Waals surface area (Å²) in [6.45, 7) is 6.34. The van der Waals surface area contributed by atoms with Gasteiger partial charge in [0.25, 0.3) is 0 Å². The van der Waals surface area contributed by atoms with E-state index in [1.165, 1.54) is 18.5 Å². The molecule has 1 saturated heterocycles. The van der Waals surface area contributed by atoms with Crippen LogP contribution in [0.5, 0.6) is 0 Å². The van der Waals surface area contributed by atoms with E-state index in [-0.39, 0.29) is 0 Å². The Balaban J connectivity index is 2.20. The van der Waals surface area contributed by atoms with E-state index >= 15 is 0 Å². The van der Waals surface area contributed by atoms with Crippen molar-refractivity contribution in [3.05, 3.63) is 23.7 Å². The normalized spacial score (nSPS) is 16.2. The van der Waals surface area contributed by atoms with Crippen LogP contribution in [0.1, 0.15) is 24.2 Å². The van der Waals surface area contributed by atoms with E-state index in [2.05, 4.69) is 21.0 Å². The van der Waals surface area contributed by atoms with E-state index in [1.807, 2.05) is 24.6 Å². The van der Waals surface area contributed by atoms with Gasteiger partial charge in [-0.2, -0.15) is 5.10 Å². The summed E-state index contributed by atoms with van der Waals surface area (Å²) in [4.78, 5) is 6.97. The maximum atomic E-state index is 4.56. The number of aromatic nitrogens is 3. The van der Waals surface area contributed by atoms with Crippen LogP contribution in [-0.4, -0.2) is 27.7 Å². The second-order valence-corrected chi connectivity index (χ2v) is 4.52. The van der Waals surface area contributed by atoms with E-state index in [0.29, 0.717) is 0 Å². The minimum Gasteiger partial charge on any atom is -0.368 e. The van der Waals surface area contributed by atoms with Crippen molar-refractivity contribution in [2.45, 2.75) is 26.7 Å². The highest BCUT2D eigenvalue weighted by Crippen LogP contribution is 2.25. The highest BCUT2D eigenvalue weighted by atomic mass is 15.3. The molecule has 84 valence electrons.